The fourth-order valence-electron chi connectivity index (χ4n) is 2.21. The largest absolute Gasteiger partial charge is 0.302 e. The Kier molecular flexibility index (Phi) is 5.78. The second kappa shape index (κ2) is 8.22. The molecule has 2 heterocycles. The Balaban J connectivity index is 1.58. The number of carbonyl (C=O) groups excluding carboxylic acids is 1. The molecular weight excluding hydrogens is 352 g/mol. The summed E-state index contributed by atoms with van der Waals surface area (Å²) in [7, 11) is 0. The predicted octanol–water partition coefficient (Wildman–Crippen LogP) is 4.34. The summed E-state index contributed by atoms with van der Waals surface area (Å²) < 4.78 is 0. The number of nitrogens with zero attached hydrogens (tertiary/aromatic N) is 3. The fourth-order valence-corrected chi connectivity index (χ4v) is 3.81. The molecule has 25 heavy (non-hydrogen) atoms. The Hall–Kier alpha value is -2.25. The summed E-state index contributed by atoms with van der Waals surface area (Å²) in [6, 6.07) is 12.0. The summed E-state index contributed by atoms with van der Waals surface area (Å²) in [5.74, 6) is 1.35. The molecule has 128 valence electrons. The smallest absolute Gasteiger partial charge is 0.226 e. The number of aryl methyl sites for hydroxylation is 2. The second-order valence-corrected chi connectivity index (χ2v) is 7.42. The van der Waals surface area contributed by atoms with Gasteiger partial charge in [-0.3, -0.25) is 4.79 Å². The lowest BCUT2D eigenvalue weighted by Crippen LogP contribution is -2.12. The quantitative estimate of drug-likeness (QED) is 0.516. The highest BCUT2D eigenvalue weighted by Crippen LogP contribution is 2.23. The Morgan fingerprint density at radius 3 is 2.68 bits per heavy atom. The van der Waals surface area contributed by atoms with Crippen LogP contribution in [0.1, 0.15) is 17.9 Å². The molecule has 0 unspecified atom stereocenters. The molecule has 0 aliphatic carbocycles. The lowest BCUT2D eigenvalue weighted by molar-refractivity contribution is -0.115. The van der Waals surface area contributed by atoms with Crippen LogP contribution < -0.4 is 5.32 Å². The standard InChI is InChI=1S/C18H18N4OS2/c1-12-11-25-18(19-12)22-16(23)8-9-24-17-10-15(20-13(2)21-17)14-6-4-3-5-7-14/h3-7,10-11H,8-9H2,1-2H3,(H,19,22,23). The van der Waals surface area contributed by atoms with Gasteiger partial charge in [0.1, 0.15) is 10.9 Å². The van der Waals surface area contributed by atoms with Crippen LogP contribution in [0.3, 0.4) is 0 Å². The van der Waals surface area contributed by atoms with Crippen molar-refractivity contribution in [2.75, 3.05) is 11.1 Å². The normalized spacial score (nSPS) is 10.6. The molecule has 7 heteroatoms. The third-order valence-electron chi connectivity index (χ3n) is 3.33. The van der Waals surface area contributed by atoms with Crippen LogP contribution >= 0.6 is 23.1 Å². The number of hydrogen-bond donors (Lipinski definition) is 1. The maximum Gasteiger partial charge on any atom is 0.226 e. The number of thioether (sulfide) groups is 1. The zero-order valence-electron chi connectivity index (χ0n) is 14.0. The van der Waals surface area contributed by atoms with E-state index in [1.54, 1.807) is 11.8 Å². The lowest BCUT2D eigenvalue weighted by atomic mass is 10.1. The van der Waals surface area contributed by atoms with E-state index in [0.29, 0.717) is 17.3 Å². The predicted molar refractivity (Wildman–Crippen MR) is 103 cm³/mol. The van der Waals surface area contributed by atoms with Crippen molar-refractivity contribution in [2.45, 2.75) is 25.3 Å². The van der Waals surface area contributed by atoms with Gasteiger partial charge in [0.2, 0.25) is 5.91 Å². The number of aromatic nitrogens is 3. The highest BCUT2D eigenvalue weighted by atomic mass is 32.2. The van der Waals surface area contributed by atoms with Crippen molar-refractivity contribution < 1.29 is 4.79 Å². The minimum atomic E-state index is -0.0316. The van der Waals surface area contributed by atoms with Gasteiger partial charge in [-0.25, -0.2) is 15.0 Å². The molecule has 0 atom stereocenters. The van der Waals surface area contributed by atoms with Gasteiger partial charge in [0.15, 0.2) is 5.13 Å². The average Bonchev–Trinajstić information content (AvgIpc) is 3.00. The molecule has 0 aliphatic rings. The first-order chi connectivity index (χ1) is 12.1. The van der Waals surface area contributed by atoms with Gasteiger partial charge in [0.05, 0.1) is 11.4 Å². The van der Waals surface area contributed by atoms with Crippen molar-refractivity contribution >= 4 is 34.1 Å². The summed E-state index contributed by atoms with van der Waals surface area (Å²) in [5.41, 5.74) is 2.88. The van der Waals surface area contributed by atoms with Gasteiger partial charge in [-0.05, 0) is 19.9 Å². The molecule has 3 rings (SSSR count). The zero-order chi connectivity index (χ0) is 17.6. The molecule has 1 amide bonds. The molecule has 0 aliphatic heterocycles. The second-order valence-electron chi connectivity index (χ2n) is 5.45. The number of nitrogens with one attached hydrogen (secondary N) is 1. The van der Waals surface area contributed by atoms with Crippen LogP contribution in [0.2, 0.25) is 0 Å². The summed E-state index contributed by atoms with van der Waals surface area (Å²) in [5, 5.41) is 6.26. The van der Waals surface area contributed by atoms with Crippen LogP contribution in [0, 0.1) is 13.8 Å². The number of thiazole rings is 1. The molecule has 1 aromatic carbocycles. The molecule has 0 radical (unpaired) electrons. The molecule has 3 aromatic rings. The van der Waals surface area contributed by atoms with Crippen molar-refractivity contribution in [3.05, 3.63) is 53.3 Å². The van der Waals surface area contributed by atoms with Crippen LogP contribution in [0.25, 0.3) is 11.3 Å². The molecule has 0 spiro atoms. The Labute approximate surface area is 155 Å². The van der Waals surface area contributed by atoms with Gasteiger partial charge < -0.3 is 5.32 Å². The number of carbonyl (C=O) groups is 1. The van der Waals surface area contributed by atoms with E-state index in [1.165, 1.54) is 11.3 Å². The molecule has 0 saturated heterocycles. The lowest BCUT2D eigenvalue weighted by Gasteiger charge is -2.06. The first-order valence-corrected chi connectivity index (χ1v) is 9.72. The van der Waals surface area contributed by atoms with Crippen molar-refractivity contribution in [2.24, 2.45) is 0 Å². The van der Waals surface area contributed by atoms with E-state index in [1.807, 2.05) is 55.6 Å². The van der Waals surface area contributed by atoms with Gasteiger partial charge >= 0.3 is 0 Å². The van der Waals surface area contributed by atoms with E-state index >= 15 is 0 Å². The van der Waals surface area contributed by atoms with Crippen LogP contribution in [0.5, 0.6) is 0 Å². The van der Waals surface area contributed by atoms with Gasteiger partial charge in [0.25, 0.3) is 0 Å². The molecule has 0 saturated carbocycles. The first kappa shape index (κ1) is 17.6. The molecule has 1 N–H and O–H groups in total. The van der Waals surface area contributed by atoms with E-state index in [4.69, 9.17) is 0 Å². The Morgan fingerprint density at radius 2 is 1.96 bits per heavy atom. The average molecular weight is 371 g/mol. The topological polar surface area (TPSA) is 67.8 Å². The third-order valence-corrected chi connectivity index (χ3v) is 5.12. The van der Waals surface area contributed by atoms with Gasteiger partial charge in [-0.15, -0.1) is 23.1 Å². The van der Waals surface area contributed by atoms with Crippen molar-refractivity contribution in [1.82, 2.24) is 15.0 Å². The van der Waals surface area contributed by atoms with Gasteiger partial charge in [-0.2, -0.15) is 0 Å². The minimum absolute atomic E-state index is 0.0316. The van der Waals surface area contributed by atoms with Crippen molar-refractivity contribution in [3.63, 3.8) is 0 Å². The maximum atomic E-state index is 12.0. The highest BCUT2D eigenvalue weighted by molar-refractivity contribution is 7.99. The summed E-state index contributed by atoms with van der Waals surface area (Å²) >= 11 is 3.00. The summed E-state index contributed by atoms with van der Waals surface area (Å²) in [6.07, 6.45) is 0.410. The number of rotatable bonds is 6. The van der Waals surface area contributed by atoms with Gasteiger partial charge in [-0.1, -0.05) is 30.3 Å². The zero-order valence-corrected chi connectivity index (χ0v) is 15.7. The molecule has 0 bridgehead atoms. The number of hydrogen-bond acceptors (Lipinski definition) is 6. The first-order valence-electron chi connectivity index (χ1n) is 7.86. The molecule has 0 fully saturated rings. The molecule has 5 nitrogen and oxygen atoms in total. The van der Waals surface area contributed by atoms with E-state index in [-0.39, 0.29) is 5.91 Å². The van der Waals surface area contributed by atoms with Crippen LogP contribution in [0.15, 0.2) is 46.8 Å². The monoisotopic (exact) mass is 370 g/mol. The van der Waals surface area contributed by atoms with Crippen molar-refractivity contribution in [1.29, 1.82) is 0 Å². The minimum Gasteiger partial charge on any atom is -0.302 e. The number of amides is 1. The fraction of sp³-hybridized carbons (Fsp3) is 0.222. The van der Waals surface area contributed by atoms with Crippen LogP contribution in [-0.2, 0) is 4.79 Å². The van der Waals surface area contributed by atoms with Crippen LogP contribution in [-0.4, -0.2) is 26.6 Å². The number of benzene rings is 1. The Bertz CT molecular complexity index is 865. The molecular formula is C18H18N4OS2. The highest BCUT2D eigenvalue weighted by Gasteiger charge is 2.08. The molecule has 2 aromatic heterocycles. The SMILES string of the molecule is Cc1csc(NC(=O)CCSc2cc(-c3ccccc3)nc(C)n2)n1. The number of anilines is 1. The van der Waals surface area contributed by atoms with E-state index < -0.39 is 0 Å². The van der Waals surface area contributed by atoms with Gasteiger partial charge in [0, 0.05) is 23.1 Å². The third kappa shape index (κ3) is 5.11. The van der Waals surface area contributed by atoms with E-state index in [2.05, 4.69) is 20.3 Å². The Morgan fingerprint density at radius 1 is 1.16 bits per heavy atom. The summed E-state index contributed by atoms with van der Waals surface area (Å²) in [4.78, 5) is 25.2. The maximum absolute atomic E-state index is 12.0. The van der Waals surface area contributed by atoms with Crippen molar-refractivity contribution in [3.8, 4) is 11.3 Å². The summed E-state index contributed by atoms with van der Waals surface area (Å²) in [6.45, 7) is 3.79. The van der Waals surface area contributed by atoms with E-state index in [0.717, 1.165) is 27.8 Å². The van der Waals surface area contributed by atoms with Crippen LogP contribution in [0.4, 0.5) is 5.13 Å². The van der Waals surface area contributed by atoms with E-state index in [9.17, 15) is 4.79 Å².